The third-order valence-electron chi connectivity index (χ3n) is 2.52. The van der Waals surface area contributed by atoms with Gasteiger partial charge in [-0.3, -0.25) is 0 Å². The first-order valence-electron chi connectivity index (χ1n) is 6.33. The molecule has 0 fully saturated rings. The van der Waals surface area contributed by atoms with Crippen LogP contribution >= 0.6 is 0 Å². The van der Waals surface area contributed by atoms with Crippen LogP contribution in [-0.4, -0.2) is 18.6 Å². The standard InChI is InChI=1S/C15H18N2O2/c1-3-18-14-5-4-6-15(17-14)19-13-9-7-12(8-10-13)11-16-2/h4-10,16H,3,11H2,1-2H3. The van der Waals surface area contributed by atoms with E-state index in [2.05, 4.69) is 10.3 Å². The third-order valence-corrected chi connectivity index (χ3v) is 2.52. The van der Waals surface area contributed by atoms with Crippen LogP contribution in [0.25, 0.3) is 0 Å². The second-order valence-corrected chi connectivity index (χ2v) is 4.02. The minimum Gasteiger partial charge on any atom is -0.478 e. The van der Waals surface area contributed by atoms with Gasteiger partial charge in [0.15, 0.2) is 0 Å². The van der Waals surface area contributed by atoms with Crippen molar-refractivity contribution in [1.82, 2.24) is 10.3 Å². The lowest BCUT2D eigenvalue weighted by Crippen LogP contribution is -2.04. The second-order valence-electron chi connectivity index (χ2n) is 4.02. The van der Waals surface area contributed by atoms with E-state index in [0.717, 1.165) is 12.3 Å². The Morgan fingerprint density at radius 2 is 1.79 bits per heavy atom. The molecule has 0 saturated heterocycles. The Kier molecular flexibility index (Phi) is 4.75. The largest absolute Gasteiger partial charge is 0.478 e. The summed E-state index contributed by atoms with van der Waals surface area (Å²) < 4.78 is 11.0. The molecule has 1 N–H and O–H groups in total. The molecule has 19 heavy (non-hydrogen) atoms. The highest BCUT2D eigenvalue weighted by Crippen LogP contribution is 2.21. The van der Waals surface area contributed by atoms with Crippen molar-refractivity contribution in [1.29, 1.82) is 0 Å². The average molecular weight is 258 g/mol. The molecule has 0 unspecified atom stereocenters. The number of hydrogen-bond donors (Lipinski definition) is 1. The van der Waals surface area contributed by atoms with Crippen molar-refractivity contribution in [2.24, 2.45) is 0 Å². The van der Waals surface area contributed by atoms with Crippen LogP contribution in [0.5, 0.6) is 17.5 Å². The molecule has 1 aromatic carbocycles. The summed E-state index contributed by atoms with van der Waals surface area (Å²) in [5.41, 5.74) is 1.21. The minimum atomic E-state index is 0.535. The normalized spacial score (nSPS) is 10.2. The fourth-order valence-electron chi connectivity index (χ4n) is 1.68. The van der Waals surface area contributed by atoms with Crippen LogP contribution in [0, 0.1) is 0 Å². The molecule has 2 rings (SSSR count). The molecule has 0 amide bonds. The SMILES string of the molecule is CCOc1cccc(Oc2ccc(CNC)cc2)n1. The lowest BCUT2D eigenvalue weighted by Gasteiger charge is -2.07. The maximum atomic E-state index is 5.69. The number of nitrogens with zero attached hydrogens (tertiary/aromatic N) is 1. The Bertz CT molecular complexity index is 512. The van der Waals surface area contributed by atoms with Gasteiger partial charge in [0.25, 0.3) is 0 Å². The van der Waals surface area contributed by atoms with E-state index >= 15 is 0 Å². The van der Waals surface area contributed by atoms with Gasteiger partial charge in [0.05, 0.1) is 6.61 Å². The molecule has 4 nitrogen and oxygen atoms in total. The quantitative estimate of drug-likeness (QED) is 0.865. The molecule has 0 aliphatic rings. The van der Waals surface area contributed by atoms with Gasteiger partial charge in [0, 0.05) is 18.7 Å². The molecule has 0 aliphatic heterocycles. The highest BCUT2D eigenvalue weighted by molar-refractivity contribution is 5.31. The summed E-state index contributed by atoms with van der Waals surface area (Å²) in [6.07, 6.45) is 0. The van der Waals surface area contributed by atoms with E-state index in [1.165, 1.54) is 5.56 Å². The van der Waals surface area contributed by atoms with E-state index in [-0.39, 0.29) is 0 Å². The van der Waals surface area contributed by atoms with Gasteiger partial charge in [-0.15, -0.1) is 0 Å². The predicted molar refractivity (Wildman–Crippen MR) is 74.7 cm³/mol. The van der Waals surface area contributed by atoms with E-state index in [0.29, 0.717) is 18.4 Å². The van der Waals surface area contributed by atoms with Gasteiger partial charge < -0.3 is 14.8 Å². The van der Waals surface area contributed by atoms with Crippen LogP contribution in [0.1, 0.15) is 12.5 Å². The molecule has 0 bridgehead atoms. The molecule has 1 aromatic heterocycles. The van der Waals surface area contributed by atoms with Crippen LogP contribution in [0.3, 0.4) is 0 Å². The summed E-state index contributed by atoms with van der Waals surface area (Å²) in [6.45, 7) is 3.36. The molecule has 0 aliphatic carbocycles. The summed E-state index contributed by atoms with van der Waals surface area (Å²) in [4.78, 5) is 4.26. The van der Waals surface area contributed by atoms with Crippen LogP contribution in [0.4, 0.5) is 0 Å². The molecule has 0 saturated carbocycles. The van der Waals surface area contributed by atoms with Crippen molar-refractivity contribution in [2.45, 2.75) is 13.5 Å². The fraction of sp³-hybridized carbons (Fsp3) is 0.267. The molecule has 100 valence electrons. The monoisotopic (exact) mass is 258 g/mol. The Morgan fingerprint density at radius 1 is 1.05 bits per heavy atom. The first-order valence-corrected chi connectivity index (χ1v) is 6.33. The zero-order valence-corrected chi connectivity index (χ0v) is 11.2. The Hall–Kier alpha value is -2.07. The van der Waals surface area contributed by atoms with Gasteiger partial charge >= 0.3 is 0 Å². The van der Waals surface area contributed by atoms with Crippen molar-refractivity contribution in [3.05, 3.63) is 48.0 Å². The van der Waals surface area contributed by atoms with E-state index in [1.54, 1.807) is 0 Å². The first kappa shape index (κ1) is 13.4. The Morgan fingerprint density at radius 3 is 2.47 bits per heavy atom. The fourth-order valence-corrected chi connectivity index (χ4v) is 1.68. The van der Waals surface area contributed by atoms with Crippen molar-refractivity contribution in [2.75, 3.05) is 13.7 Å². The van der Waals surface area contributed by atoms with Gasteiger partial charge in [-0.25, -0.2) is 0 Å². The zero-order valence-electron chi connectivity index (χ0n) is 11.2. The van der Waals surface area contributed by atoms with Gasteiger partial charge in [0.2, 0.25) is 11.8 Å². The highest BCUT2D eigenvalue weighted by atomic mass is 16.5. The number of pyridine rings is 1. The zero-order chi connectivity index (χ0) is 13.5. The lowest BCUT2D eigenvalue weighted by atomic mass is 10.2. The molecule has 2 aromatic rings. The van der Waals surface area contributed by atoms with Crippen molar-refractivity contribution in [3.8, 4) is 17.5 Å². The van der Waals surface area contributed by atoms with Gasteiger partial charge in [-0.1, -0.05) is 18.2 Å². The highest BCUT2D eigenvalue weighted by Gasteiger charge is 2.01. The predicted octanol–water partition coefficient (Wildman–Crippen LogP) is 2.99. The minimum absolute atomic E-state index is 0.535. The summed E-state index contributed by atoms with van der Waals surface area (Å²) in [6, 6.07) is 13.4. The van der Waals surface area contributed by atoms with Crippen molar-refractivity contribution in [3.63, 3.8) is 0 Å². The van der Waals surface area contributed by atoms with E-state index in [9.17, 15) is 0 Å². The molecule has 0 atom stereocenters. The van der Waals surface area contributed by atoms with Crippen LogP contribution in [-0.2, 0) is 6.54 Å². The van der Waals surface area contributed by atoms with E-state index in [1.807, 2.05) is 56.4 Å². The molecule has 0 radical (unpaired) electrons. The summed E-state index contributed by atoms with van der Waals surface area (Å²) >= 11 is 0. The molecular formula is C15H18N2O2. The smallest absolute Gasteiger partial charge is 0.222 e. The van der Waals surface area contributed by atoms with Crippen LogP contribution in [0.2, 0.25) is 0 Å². The number of aromatic nitrogens is 1. The van der Waals surface area contributed by atoms with Gasteiger partial charge in [-0.2, -0.15) is 4.98 Å². The topological polar surface area (TPSA) is 43.4 Å². The maximum Gasteiger partial charge on any atom is 0.222 e. The summed E-state index contributed by atoms with van der Waals surface area (Å²) in [7, 11) is 1.92. The number of ether oxygens (including phenoxy) is 2. The summed E-state index contributed by atoms with van der Waals surface area (Å²) in [5, 5.41) is 3.10. The molecule has 1 heterocycles. The molecule has 0 spiro atoms. The number of benzene rings is 1. The van der Waals surface area contributed by atoms with Crippen molar-refractivity contribution < 1.29 is 9.47 Å². The van der Waals surface area contributed by atoms with Crippen LogP contribution in [0.15, 0.2) is 42.5 Å². The van der Waals surface area contributed by atoms with Crippen LogP contribution < -0.4 is 14.8 Å². The molecule has 4 heteroatoms. The van der Waals surface area contributed by atoms with Gasteiger partial charge in [0.1, 0.15) is 5.75 Å². The number of hydrogen-bond acceptors (Lipinski definition) is 4. The lowest BCUT2D eigenvalue weighted by molar-refractivity contribution is 0.321. The number of nitrogens with one attached hydrogen (secondary N) is 1. The van der Waals surface area contributed by atoms with E-state index < -0.39 is 0 Å². The third kappa shape index (κ3) is 3.96. The Balaban J connectivity index is 2.05. The maximum absolute atomic E-state index is 5.69. The first-order chi connectivity index (χ1) is 9.31. The second kappa shape index (κ2) is 6.75. The Labute approximate surface area is 113 Å². The van der Waals surface area contributed by atoms with E-state index in [4.69, 9.17) is 9.47 Å². The van der Waals surface area contributed by atoms with Crippen molar-refractivity contribution >= 4 is 0 Å². The average Bonchev–Trinajstić information content (AvgIpc) is 2.42. The number of rotatable bonds is 6. The molecular weight excluding hydrogens is 240 g/mol. The van der Waals surface area contributed by atoms with Gasteiger partial charge in [-0.05, 0) is 31.7 Å². The summed E-state index contributed by atoms with van der Waals surface area (Å²) in [5.74, 6) is 1.88.